The summed E-state index contributed by atoms with van der Waals surface area (Å²) in [6.45, 7) is 0. The van der Waals surface area contributed by atoms with Crippen molar-refractivity contribution < 1.29 is 9.60 Å². The number of thiophene rings is 1. The van der Waals surface area contributed by atoms with Gasteiger partial charge < -0.3 is 0 Å². The van der Waals surface area contributed by atoms with Crippen LogP contribution in [0.1, 0.15) is 9.60 Å². The first-order valence-corrected chi connectivity index (χ1v) is 18.7. The summed E-state index contributed by atoms with van der Waals surface area (Å²) in [5.74, 6) is 1.30. The molecule has 0 radical (unpaired) electrons. The van der Waals surface area contributed by atoms with E-state index in [0.29, 0.717) is 33.3 Å². The maximum atomic E-state index is 9.55. The molecule has 3 nitrogen and oxygen atoms in total. The summed E-state index contributed by atoms with van der Waals surface area (Å²) in [6.07, 6.45) is 0. The van der Waals surface area contributed by atoms with Gasteiger partial charge in [0.25, 0.3) is 0 Å². The first-order chi connectivity index (χ1) is 30.1. The Bertz CT molecular complexity index is 3240. The van der Waals surface area contributed by atoms with Crippen LogP contribution in [0, 0.1) is 0 Å². The van der Waals surface area contributed by atoms with Gasteiger partial charge in [-0.05, 0) is 74.8 Å². The fourth-order valence-corrected chi connectivity index (χ4v) is 7.76. The van der Waals surface area contributed by atoms with Crippen molar-refractivity contribution in [1.29, 1.82) is 0 Å². The Hall–Kier alpha value is -7.01. The molecule has 0 saturated carbocycles. The monoisotopic (exact) mass is 726 g/mol. The van der Waals surface area contributed by atoms with E-state index in [0.717, 1.165) is 55.8 Å². The average Bonchev–Trinajstić information content (AvgIpc) is 3.74. The molecule has 0 N–H and O–H groups in total. The SMILES string of the molecule is [2H]c1c([2H])c([2H])c2c(sc3c([2H])c(-c4cc(-c5ccccc5)cc(-c5nc(-c6ccc(-c7ccccc7)cc6)nc(-c6ccc(-c7ccccc7)cc6)n5)c4)c([2H])c([2H])c32)c1[2H]. The minimum atomic E-state index is -0.417. The third kappa shape index (κ3) is 6.50. The highest BCUT2D eigenvalue weighted by Crippen LogP contribution is 2.39. The largest absolute Gasteiger partial charge is 0.208 e. The van der Waals surface area contributed by atoms with Gasteiger partial charge in [0.2, 0.25) is 0 Å². The predicted molar refractivity (Wildman–Crippen MR) is 231 cm³/mol. The van der Waals surface area contributed by atoms with E-state index in [9.17, 15) is 4.11 Å². The molecule has 0 spiro atoms. The van der Waals surface area contributed by atoms with E-state index in [4.69, 9.17) is 20.4 Å². The van der Waals surface area contributed by atoms with E-state index in [1.54, 1.807) is 0 Å². The van der Waals surface area contributed by atoms with E-state index in [1.165, 1.54) is 0 Å². The molecular formula is C51H33N3S. The van der Waals surface area contributed by atoms with Crippen molar-refractivity contribution in [3.63, 3.8) is 0 Å². The molecule has 0 atom stereocenters. The van der Waals surface area contributed by atoms with Gasteiger partial charge >= 0.3 is 0 Å². The molecule has 0 fully saturated rings. The van der Waals surface area contributed by atoms with Gasteiger partial charge in [-0.25, -0.2) is 15.0 Å². The topological polar surface area (TPSA) is 38.7 Å². The standard InChI is InChI=1S/C51H33N3S/c1-4-12-34(13-5-1)37-20-24-39(25-21-37)49-52-50(40-26-22-38(23-27-40)35-14-6-2-7-15-35)54-51(53-49)44-31-42(36-16-8-3-9-17-36)30-43(32-44)41-28-29-46-45-18-10-11-19-47(45)55-48(46)33-41/h1-33H/i10D,11D,18D,19D,28D,29D,33D. The molecule has 0 aliphatic rings. The van der Waals surface area contributed by atoms with Gasteiger partial charge in [-0.15, -0.1) is 11.3 Å². The molecule has 0 unspecified atom stereocenters. The summed E-state index contributed by atoms with van der Waals surface area (Å²) in [7, 11) is 0. The number of benzene rings is 8. The molecule has 258 valence electrons. The van der Waals surface area contributed by atoms with Crippen molar-refractivity contribution in [2.24, 2.45) is 0 Å². The van der Waals surface area contributed by atoms with Gasteiger partial charge in [0, 0.05) is 36.9 Å². The van der Waals surface area contributed by atoms with E-state index >= 15 is 0 Å². The molecule has 0 amide bonds. The van der Waals surface area contributed by atoms with Gasteiger partial charge in [-0.3, -0.25) is 0 Å². The average molecular weight is 727 g/mol. The minimum Gasteiger partial charge on any atom is -0.208 e. The van der Waals surface area contributed by atoms with Gasteiger partial charge in [0.05, 0.1) is 9.60 Å². The minimum absolute atomic E-state index is 0.0377. The summed E-state index contributed by atoms with van der Waals surface area (Å²) in [6, 6.07) is 50.2. The van der Waals surface area contributed by atoms with Crippen LogP contribution in [0.2, 0.25) is 0 Å². The first-order valence-electron chi connectivity index (χ1n) is 21.4. The van der Waals surface area contributed by atoms with Gasteiger partial charge in [-0.1, -0.05) is 170 Å². The second-order valence-corrected chi connectivity index (χ2v) is 14.1. The van der Waals surface area contributed by atoms with Crippen molar-refractivity contribution in [2.45, 2.75) is 0 Å². The zero-order valence-electron chi connectivity index (χ0n) is 36.3. The van der Waals surface area contributed by atoms with Crippen LogP contribution < -0.4 is 0 Å². The second-order valence-electron chi connectivity index (χ2n) is 13.1. The number of aromatic nitrogens is 3. The number of hydrogen-bond acceptors (Lipinski definition) is 4. The van der Waals surface area contributed by atoms with Gasteiger partial charge in [-0.2, -0.15) is 0 Å². The third-order valence-electron chi connectivity index (χ3n) is 9.61. The van der Waals surface area contributed by atoms with Crippen molar-refractivity contribution in [2.75, 3.05) is 0 Å². The van der Waals surface area contributed by atoms with Crippen LogP contribution in [0.4, 0.5) is 0 Å². The first kappa shape index (κ1) is 25.9. The zero-order chi connectivity index (χ0) is 42.6. The summed E-state index contributed by atoms with van der Waals surface area (Å²) in [4.78, 5) is 15.2. The molecular weight excluding hydrogens is 687 g/mol. The fraction of sp³-hybridized carbons (Fsp3) is 0. The Kier molecular flexibility index (Phi) is 6.63. The lowest BCUT2D eigenvalue weighted by molar-refractivity contribution is 1.07. The Morgan fingerprint density at radius 1 is 0.327 bits per heavy atom. The van der Waals surface area contributed by atoms with Gasteiger partial charge in [0.1, 0.15) is 0 Å². The molecule has 55 heavy (non-hydrogen) atoms. The summed E-state index contributed by atoms with van der Waals surface area (Å²) in [5, 5.41) is 0.339. The lowest BCUT2D eigenvalue weighted by atomic mass is 9.95. The van der Waals surface area contributed by atoms with Crippen molar-refractivity contribution in [1.82, 2.24) is 15.0 Å². The summed E-state index contributed by atoms with van der Waals surface area (Å²) >= 11 is 1.05. The maximum absolute atomic E-state index is 9.55. The van der Waals surface area contributed by atoms with Crippen LogP contribution in [-0.2, 0) is 0 Å². The van der Waals surface area contributed by atoms with Crippen LogP contribution in [0.25, 0.3) is 98.8 Å². The number of fused-ring (bicyclic) bond motifs is 3. The summed E-state index contributed by atoms with van der Waals surface area (Å²) in [5.41, 5.74) is 8.84. The van der Waals surface area contributed by atoms with Crippen LogP contribution in [0.3, 0.4) is 0 Å². The molecule has 2 aromatic heterocycles. The highest BCUT2D eigenvalue weighted by Gasteiger charge is 2.16. The third-order valence-corrected chi connectivity index (χ3v) is 10.6. The zero-order valence-corrected chi connectivity index (χ0v) is 30.1. The van der Waals surface area contributed by atoms with Crippen LogP contribution >= 0.6 is 11.3 Å². The molecule has 10 aromatic rings. The fourth-order valence-electron chi connectivity index (χ4n) is 6.79. The van der Waals surface area contributed by atoms with Crippen molar-refractivity contribution in [3.8, 4) is 78.7 Å². The van der Waals surface area contributed by atoms with Crippen LogP contribution in [0.15, 0.2) is 200 Å². The summed E-state index contributed by atoms with van der Waals surface area (Å²) < 4.78 is 62.6. The number of hydrogen-bond donors (Lipinski definition) is 0. The van der Waals surface area contributed by atoms with E-state index < -0.39 is 6.04 Å². The Morgan fingerprint density at radius 2 is 0.727 bits per heavy atom. The molecule has 0 bridgehead atoms. The molecule has 2 heterocycles. The quantitative estimate of drug-likeness (QED) is 0.164. The molecule has 8 aromatic carbocycles. The molecule has 10 rings (SSSR count). The molecule has 0 aliphatic carbocycles. The Balaban J connectivity index is 1.19. The maximum Gasteiger partial charge on any atom is 0.164 e. The van der Waals surface area contributed by atoms with Crippen molar-refractivity contribution >= 4 is 31.5 Å². The van der Waals surface area contributed by atoms with E-state index in [-0.39, 0.29) is 57.3 Å². The van der Waals surface area contributed by atoms with Crippen molar-refractivity contribution in [3.05, 3.63) is 200 Å². The second kappa shape index (κ2) is 14.1. The van der Waals surface area contributed by atoms with Gasteiger partial charge in [0.15, 0.2) is 17.5 Å². The molecule has 4 heteroatoms. The van der Waals surface area contributed by atoms with E-state index in [1.807, 2.05) is 133 Å². The molecule has 0 saturated heterocycles. The van der Waals surface area contributed by atoms with E-state index in [2.05, 4.69) is 24.3 Å². The smallest absolute Gasteiger partial charge is 0.164 e. The lowest BCUT2D eigenvalue weighted by Crippen LogP contribution is -2.00. The predicted octanol–water partition coefficient (Wildman–Crippen LogP) is 13.9. The normalized spacial score (nSPS) is 13.1. The van der Waals surface area contributed by atoms with Crippen LogP contribution in [0.5, 0.6) is 0 Å². The Morgan fingerprint density at radius 3 is 1.27 bits per heavy atom. The number of rotatable bonds is 7. The highest BCUT2D eigenvalue weighted by molar-refractivity contribution is 7.25. The lowest BCUT2D eigenvalue weighted by Gasteiger charge is -2.13. The number of nitrogens with zero attached hydrogens (tertiary/aromatic N) is 3. The van der Waals surface area contributed by atoms with Crippen LogP contribution in [-0.4, -0.2) is 15.0 Å². The Labute approximate surface area is 333 Å². The highest BCUT2D eigenvalue weighted by atomic mass is 32.1. The molecule has 0 aliphatic heterocycles.